The molecule has 0 saturated carbocycles. The molecule has 0 unspecified atom stereocenters. The highest BCUT2D eigenvalue weighted by Crippen LogP contribution is 2.34. The van der Waals surface area contributed by atoms with E-state index in [9.17, 15) is 5.11 Å². The monoisotopic (exact) mass is 326 g/mol. The summed E-state index contributed by atoms with van der Waals surface area (Å²) in [5, 5.41) is 10.1. The number of aromatic hydroxyl groups is 1. The van der Waals surface area contributed by atoms with Gasteiger partial charge in [0.25, 0.3) is 0 Å². The van der Waals surface area contributed by atoms with Crippen molar-refractivity contribution in [1.82, 2.24) is 10.9 Å². The van der Waals surface area contributed by atoms with Gasteiger partial charge < -0.3 is 20.0 Å². The number of phenols is 1. The summed E-state index contributed by atoms with van der Waals surface area (Å²) in [5.74, 6) is 1.69. The number of rotatable bonds is 5. The first-order chi connectivity index (χ1) is 11.6. The summed E-state index contributed by atoms with van der Waals surface area (Å²) in [6, 6.07) is 11.4. The van der Waals surface area contributed by atoms with Crippen LogP contribution in [0.15, 0.2) is 42.5 Å². The van der Waals surface area contributed by atoms with Crippen LogP contribution in [0.4, 0.5) is 0 Å². The summed E-state index contributed by atoms with van der Waals surface area (Å²) in [6.07, 6.45) is 2.05. The molecule has 2 aromatic carbocycles. The van der Waals surface area contributed by atoms with Crippen molar-refractivity contribution in [2.45, 2.75) is 19.9 Å². The predicted molar refractivity (Wildman–Crippen MR) is 94.0 cm³/mol. The maximum absolute atomic E-state index is 10.1. The van der Waals surface area contributed by atoms with Gasteiger partial charge >= 0.3 is 0 Å². The van der Waals surface area contributed by atoms with Gasteiger partial charge in [0.15, 0.2) is 11.5 Å². The van der Waals surface area contributed by atoms with Crippen LogP contribution in [0.2, 0.25) is 0 Å². The van der Waals surface area contributed by atoms with Gasteiger partial charge in [0.05, 0.1) is 25.5 Å². The third-order valence-electron chi connectivity index (χ3n) is 3.98. The molecule has 0 aromatic heterocycles. The number of benzene rings is 2. The fraction of sp³-hybridized carbons (Fsp3) is 0.263. The second-order valence-corrected chi connectivity index (χ2v) is 5.69. The van der Waals surface area contributed by atoms with Crippen molar-refractivity contribution in [2.24, 2.45) is 0 Å². The van der Waals surface area contributed by atoms with E-state index in [1.54, 1.807) is 13.2 Å². The zero-order chi connectivity index (χ0) is 17.1. The number of hydrogen-bond acceptors (Lipinski definition) is 5. The highest BCUT2D eigenvalue weighted by molar-refractivity contribution is 5.71. The third-order valence-corrected chi connectivity index (χ3v) is 3.98. The standard InChI is InChI=1S/C19H22N2O3/c1-4-24-19-10-13(6-8-18(19)23-3)15-11-16(21-20-15)14-9-12(2)5-7-17(14)22/h5-11,15,20-22H,4H2,1-3H3/t15-/m0/s1. The molecule has 5 heteroatoms. The topological polar surface area (TPSA) is 62.8 Å². The first-order valence-corrected chi connectivity index (χ1v) is 7.96. The number of hydrazine groups is 1. The molecular formula is C19H22N2O3. The van der Waals surface area contributed by atoms with Gasteiger partial charge in [-0.25, -0.2) is 5.43 Å². The molecule has 0 saturated heterocycles. The molecule has 0 spiro atoms. The Labute approximate surface area is 141 Å². The Hall–Kier alpha value is -2.66. The molecule has 1 aliphatic heterocycles. The van der Waals surface area contributed by atoms with Crippen LogP contribution in [0, 0.1) is 6.92 Å². The SMILES string of the molecule is CCOc1cc([C@@H]2C=C(c3cc(C)ccc3O)NN2)ccc1OC. The Kier molecular flexibility index (Phi) is 4.62. The summed E-state index contributed by atoms with van der Waals surface area (Å²) >= 11 is 0. The van der Waals surface area contributed by atoms with Crippen LogP contribution in [0.3, 0.4) is 0 Å². The normalized spacial score (nSPS) is 16.5. The average Bonchev–Trinajstić information content (AvgIpc) is 3.07. The Balaban J connectivity index is 1.90. The largest absolute Gasteiger partial charge is 0.507 e. The van der Waals surface area contributed by atoms with Crippen LogP contribution in [-0.4, -0.2) is 18.8 Å². The zero-order valence-electron chi connectivity index (χ0n) is 14.1. The van der Waals surface area contributed by atoms with Crippen molar-refractivity contribution >= 4 is 5.70 Å². The summed E-state index contributed by atoms with van der Waals surface area (Å²) in [7, 11) is 1.63. The smallest absolute Gasteiger partial charge is 0.161 e. The fourth-order valence-corrected chi connectivity index (χ4v) is 2.76. The number of hydrogen-bond donors (Lipinski definition) is 3. The van der Waals surface area contributed by atoms with Crippen molar-refractivity contribution in [2.75, 3.05) is 13.7 Å². The Bertz CT molecular complexity index is 771. The molecule has 3 N–H and O–H groups in total. The lowest BCUT2D eigenvalue weighted by molar-refractivity contribution is 0.310. The average molecular weight is 326 g/mol. The van der Waals surface area contributed by atoms with Gasteiger partial charge in [-0.3, -0.25) is 0 Å². The van der Waals surface area contributed by atoms with Crippen LogP contribution in [0.1, 0.15) is 29.7 Å². The Morgan fingerprint density at radius 1 is 1.12 bits per heavy atom. The molecule has 1 atom stereocenters. The Morgan fingerprint density at radius 2 is 1.96 bits per heavy atom. The third kappa shape index (κ3) is 3.16. The van der Waals surface area contributed by atoms with Gasteiger partial charge in [-0.2, -0.15) is 0 Å². The van der Waals surface area contributed by atoms with Gasteiger partial charge in [-0.05, 0) is 49.8 Å². The molecular weight excluding hydrogens is 304 g/mol. The molecule has 1 heterocycles. The van der Waals surface area contributed by atoms with E-state index < -0.39 is 0 Å². The summed E-state index contributed by atoms with van der Waals surface area (Å²) < 4.78 is 11.0. The number of phenolic OH excluding ortho intramolecular Hbond substituents is 1. The molecule has 0 radical (unpaired) electrons. The van der Waals surface area contributed by atoms with E-state index >= 15 is 0 Å². The lowest BCUT2D eigenvalue weighted by Crippen LogP contribution is -2.26. The summed E-state index contributed by atoms with van der Waals surface area (Å²) in [5.41, 5.74) is 10.2. The quantitative estimate of drug-likeness (QED) is 0.787. The van der Waals surface area contributed by atoms with E-state index in [2.05, 4.69) is 10.9 Å². The minimum atomic E-state index is -0.0231. The van der Waals surface area contributed by atoms with Gasteiger partial charge in [-0.1, -0.05) is 17.7 Å². The number of methoxy groups -OCH3 is 1. The van der Waals surface area contributed by atoms with E-state index in [-0.39, 0.29) is 11.8 Å². The predicted octanol–water partition coefficient (Wildman–Crippen LogP) is 3.30. The van der Waals surface area contributed by atoms with Crippen molar-refractivity contribution < 1.29 is 14.6 Å². The molecule has 0 amide bonds. The van der Waals surface area contributed by atoms with E-state index in [0.29, 0.717) is 12.4 Å². The molecule has 126 valence electrons. The van der Waals surface area contributed by atoms with Crippen LogP contribution in [0.25, 0.3) is 5.70 Å². The molecule has 0 aliphatic carbocycles. The summed E-state index contributed by atoms with van der Waals surface area (Å²) in [4.78, 5) is 0. The lowest BCUT2D eigenvalue weighted by Gasteiger charge is -2.14. The molecule has 1 aliphatic rings. The van der Waals surface area contributed by atoms with Crippen LogP contribution < -0.4 is 20.3 Å². The molecule has 3 rings (SSSR count). The Morgan fingerprint density at radius 3 is 2.71 bits per heavy atom. The first kappa shape index (κ1) is 16.2. The second kappa shape index (κ2) is 6.84. The van der Waals surface area contributed by atoms with E-state index in [4.69, 9.17) is 9.47 Å². The minimum absolute atomic E-state index is 0.0231. The molecule has 0 fully saturated rings. The van der Waals surface area contributed by atoms with Gasteiger partial charge in [-0.15, -0.1) is 0 Å². The lowest BCUT2D eigenvalue weighted by atomic mass is 10.0. The highest BCUT2D eigenvalue weighted by Gasteiger charge is 2.20. The van der Waals surface area contributed by atoms with Gasteiger partial charge in [0, 0.05) is 5.56 Å². The fourth-order valence-electron chi connectivity index (χ4n) is 2.76. The number of aryl methyl sites for hydroxylation is 1. The summed E-state index contributed by atoms with van der Waals surface area (Å²) in [6.45, 7) is 4.52. The van der Waals surface area contributed by atoms with E-state index in [1.165, 1.54) is 0 Å². The minimum Gasteiger partial charge on any atom is -0.507 e. The second-order valence-electron chi connectivity index (χ2n) is 5.69. The zero-order valence-corrected chi connectivity index (χ0v) is 14.1. The molecule has 5 nitrogen and oxygen atoms in total. The van der Waals surface area contributed by atoms with Gasteiger partial charge in [0.1, 0.15) is 5.75 Å². The van der Waals surface area contributed by atoms with Crippen molar-refractivity contribution in [1.29, 1.82) is 0 Å². The van der Waals surface area contributed by atoms with Crippen LogP contribution in [0.5, 0.6) is 17.2 Å². The van der Waals surface area contributed by atoms with E-state index in [1.807, 2.05) is 50.3 Å². The van der Waals surface area contributed by atoms with Crippen molar-refractivity contribution in [3.63, 3.8) is 0 Å². The van der Waals surface area contributed by atoms with Crippen molar-refractivity contribution in [3.05, 3.63) is 59.2 Å². The van der Waals surface area contributed by atoms with Crippen molar-refractivity contribution in [3.8, 4) is 17.2 Å². The van der Waals surface area contributed by atoms with Gasteiger partial charge in [0.2, 0.25) is 0 Å². The maximum atomic E-state index is 10.1. The number of nitrogens with one attached hydrogen (secondary N) is 2. The molecule has 2 aromatic rings. The highest BCUT2D eigenvalue weighted by atomic mass is 16.5. The van der Waals surface area contributed by atoms with Crippen LogP contribution in [-0.2, 0) is 0 Å². The molecule has 0 bridgehead atoms. The number of ether oxygens (including phenoxy) is 2. The molecule has 24 heavy (non-hydrogen) atoms. The maximum Gasteiger partial charge on any atom is 0.161 e. The van der Waals surface area contributed by atoms with Crippen LogP contribution >= 0.6 is 0 Å². The van der Waals surface area contributed by atoms with E-state index in [0.717, 1.165) is 28.1 Å². The first-order valence-electron chi connectivity index (χ1n) is 7.96.